The van der Waals surface area contributed by atoms with Crippen LogP contribution in [-0.2, 0) is 0 Å². The van der Waals surface area contributed by atoms with Gasteiger partial charge in [0.25, 0.3) is 0 Å². The summed E-state index contributed by atoms with van der Waals surface area (Å²) in [6.07, 6.45) is 9.93. The van der Waals surface area contributed by atoms with Crippen LogP contribution in [0.2, 0.25) is 0 Å². The van der Waals surface area contributed by atoms with Crippen molar-refractivity contribution in [3.63, 3.8) is 0 Å². The second-order valence-corrected chi connectivity index (χ2v) is 6.74. The lowest BCUT2D eigenvalue weighted by atomic mass is 9.73. The van der Waals surface area contributed by atoms with Crippen molar-refractivity contribution >= 4 is 0 Å². The molecule has 0 aromatic heterocycles. The van der Waals surface area contributed by atoms with E-state index in [4.69, 9.17) is 0 Å². The van der Waals surface area contributed by atoms with E-state index in [9.17, 15) is 5.11 Å². The van der Waals surface area contributed by atoms with Crippen LogP contribution in [0.4, 0.5) is 0 Å². The van der Waals surface area contributed by atoms with Crippen LogP contribution in [0.5, 0.6) is 0 Å². The Balaban J connectivity index is 2.31. The third kappa shape index (κ3) is 4.99. The molecule has 0 amide bonds. The van der Waals surface area contributed by atoms with Gasteiger partial charge >= 0.3 is 0 Å². The van der Waals surface area contributed by atoms with Crippen LogP contribution in [-0.4, -0.2) is 11.2 Å². The molecule has 0 heterocycles. The lowest BCUT2D eigenvalue weighted by Crippen LogP contribution is -2.22. The molecular weight excluding hydrogens is 208 g/mol. The standard InChI is InChI=1S/C16H32O/c1-5-16(4,6-2)12-13(3)11-14-7-9-15(17)10-8-14/h13-15,17H,5-12H2,1-4H3. The van der Waals surface area contributed by atoms with E-state index in [1.807, 2.05) is 0 Å². The van der Waals surface area contributed by atoms with E-state index in [2.05, 4.69) is 27.7 Å². The molecule has 0 saturated heterocycles. The predicted molar refractivity (Wildman–Crippen MR) is 75.1 cm³/mol. The highest BCUT2D eigenvalue weighted by molar-refractivity contribution is 4.78. The van der Waals surface area contributed by atoms with Gasteiger partial charge < -0.3 is 5.11 Å². The topological polar surface area (TPSA) is 20.2 Å². The maximum absolute atomic E-state index is 9.52. The Morgan fingerprint density at radius 1 is 1.12 bits per heavy atom. The maximum Gasteiger partial charge on any atom is 0.0540 e. The molecule has 1 fully saturated rings. The van der Waals surface area contributed by atoms with Gasteiger partial charge in [0, 0.05) is 0 Å². The van der Waals surface area contributed by atoms with Gasteiger partial charge in [-0.05, 0) is 55.8 Å². The molecule has 1 aliphatic rings. The summed E-state index contributed by atoms with van der Waals surface area (Å²) in [5, 5.41) is 9.52. The molecule has 0 spiro atoms. The molecule has 1 nitrogen and oxygen atoms in total. The average Bonchev–Trinajstić information content (AvgIpc) is 2.32. The first-order valence-electron chi connectivity index (χ1n) is 7.67. The first kappa shape index (κ1) is 15.0. The van der Waals surface area contributed by atoms with E-state index in [0.29, 0.717) is 5.41 Å². The third-order valence-electron chi connectivity index (χ3n) is 5.10. The molecule has 102 valence electrons. The molecular formula is C16H32O. The monoisotopic (exact) mass is 240 g/mol. The highest BCUT2D eigenvalue weighted by atomic mass is 16.3. The molecule has 0 aliphatic heterocycles. The number of hydrogen-bond donors (Lipinski definition) is 1. The molecule has 0 aromatic rings. The van der Waals surface area contributed by atoms with Crippen LogP contribution in [0.3, 0.4) is 0 Å². The summed E-state index contributed by atoms with van der Waals surface area (Å²) in [5.74, 6) is 1.73. The van der Waals surface area contributed by atoms with Crippen LogP contribution in [0.1, 0.15) is 79.1 Å². The Morgan fingerprint density at radius 2 is 1.65 bits per heavy atom. The Bertz CT molecular complexity index is 200. The van der Waals surface area contributed by atoms with Crippen LogP contribution >= 0.6 is 0 Å². The average molecular weight is 240 g/mol. The fourth-order valence-corrected chi connectivity index (χ4v) is 3.41. The van der Waals surface area contributed by atoms with Crippen molar-refractivity contribution in [2.24, 2.45) is 17.3 Å². The van der Waals surface area contributed by atoms with Crippen molar-refractivity contribution in [3.05, 3.63) is 0 Å². The smallest absolute Gasteiger partial charge is 0.0540 e. The Hall–Kier alpha value is -0.0400. The van der Waals surface area contributed by atoms with E-state index >= 15 is 0 Å². The molecule has 1 heteroatoms. The van der Waals surface area contributed by atoms with Crippen LogP contribution < -0.4 is 0 Å². The van der Waals surface area contributed by atoms with Gasteiger partial charge in [-0.2, -0.15) is 0 Å². The lowest BCUT2D eigenvalue weighted by molar-refractivity contribution is 0.0975. The second kappa shape index (κ2) is 6.78. The number of hydrogen-bond acceptors (Lipinski definition) is 1. The molecule has 1 unspecified atom stereocenters. The van der Waals surface area contributed by atoms with Gasteiger partial charge in [-0.25, -0.2) is 0 Å². The van der Waals surface area contributed by atoms with Crippen LogP contribution in [0.25, 0.3) is 0 Å². The summed E-state index contributed by atoms with van der Waals surface area (Å²) in [6, 6.07) is 0. The summed E-state index contributed by atoms with van der Waals surface area (Å²) in [6.45, 7) is 9.52. The number of rotatable bonds is 6. The van der Waals surface area contributed by atoms with Gasteiger partial charge in [0.2, 0.25) is 0 Å². The van der Waals surface area contributed by atoms with Gasteiger partial charge in [0.15, 0.2) is 0 Å². The second-order valence-electron chi connectivity index (χ2n) is 6.74. The Morgan fingerprint density at radius 3 is 2.12 bits per heavy atom. The predicted octanol–water partition coefficient (Wildman–Crippen LogP) is 4.78. The van der Waals surface area contributed by atoms with Crippen molar-refractivity contribution in [1.82, 2.24) is 0 Å². The largest absolute Gasteiger partial charge is 0.393 e. The normalized spacial score (nSPS) is 28.1. The summed E-state index contributed by atoms with van der Waals surface area (Å²) in [4.78, 5) is 0. The van der Waals surface area contributed by atoms with Gasteiger partial charge in [-0.3, -0.25) is 0 Å². The molecule has 1 aliphatic carbocycles. The van der Waals surface area contributed by atoms with Gasteiger partial charge in [-0.15, -0.1) is 0 Å². The highest BCUT2D eigenvalue weighted by Crippen LogP contribution is 2.37. The third-order valence-corrected chi connectivity index (χ3v) is 5.10. The van der Waals surface area contributed by atoms with Gasteiger partial charge in [0.1, 0.15) is 0 Å². The lowest BCUT2D eigenvalue weighted by Gasteiger charge is -2.33. The van der Waals surface area contributed by atoms with Crippen LogP contribution in [0, 0.1) is 17.3 Å². The summed E-state index contributed by atoms with van der Waals surface area (Å²) >= 11 is 0. The first-order valence-corrected chi connectivity index (χ1v) is 7.67. The minimum atomic E-state index is -0.00175. The molecule has 0 aromatic carbocycles. The van der Waals surface area contributed by atoms with Gasteiger partial charge in [0.05, 0.1) is 6.10 Å². The van der Waals surface area contributed by atoms with E-state index in [0.717, 1.165) is 24.7 Å². The molecule has 1 rings (SSSR count). The zero-order valence-corrected chi connectivity index (χ0v) is 12.3. The summed E-state index contributed by atoms with van der Waals surface area (Å²) < 4.78 is 0. The quantitative estimate of drug-likeness (QED) is 0.708. The summed E-state index contributed by atoms with van der Waals surface area (Å²) in [5.41, 5.74) is 0.549. The van der Waals surface area contributed by atoms with Crippen molar-refractivity contribution < 1.29 is 5.11 Å². The Labute approximate surface area is 108 Å². The SMILES string of the molecule is CCC(C)(CC)CC(C)CC1CCC(O)CC1. The van der Waals surface area contributed by atoms with Crippen LogP contribution in [0.15, 0.2) is 0 Å². The molecule has 0 radical (unpaired) electrons. The van der Waals surface area contributed by atoms with E-state index in [1.165, 1.54) is 38.5 Å². The van der Waals surface area contributed by atoms with E-state index in [1.54, 1.807) is 0 Å². The molecule has 1 atom stereocenters. The van der Waals surface area contributed by atoms with E-state index < -0.39 is 0 Å². The zero-order valence-electron chi connectivity index (χ0n) is 12.3. The van der Waals surface area contributed by atoms with Crippen molar-refractivity contribution in [2.45, 2.75) is 85.2 Å². The minimum absolute atomic E-state index is 0.00175. The van der Waals surface area contributed by atoms with Crippen molar-refractivity contribution in [1.29, 1.82) is 0 Å². The van der Waals surface area contributed by atoms with Crippen molar-refractivity contribution in [3.8, 4) is 0 Å². The van der Waals surface area contributed by atoms with Gasteiger partial charge in [-0.1, -0.05) is 40.5 Å². The Kier molecular flexibility index (Phi) is 5.99. The van der Waals surface area contributed by atoms with Crippen molar-refractivity contribution in [2.75, 3.05) is 0 Å². The highest BCUT2D eigenvalue weighted by Gasteiger charge is 2.26. The fraction of sp³-hybridized carbons (Fsp3) is 1.00. The number of aliphatic hydroxyl groups excluding tert-OH is 1. The fourth-order valence-electron chi connectivity index (χ4n) is 3.41. The molecule has 17 heavy (non-hydrogen) atoms. The minimum Gasteiger partial charge on any atom is -0.393 e. The molecule has 1 N–H and O–H groups in total. The first-order chi connectivity index (χ1) is 7.99. The maximum atomic E-state index is 9.52. The number of aliphatic hydroxyl groups is 1. The summed E-state index contributed by atoms with van der Waals surface area (Å²) in [7, 11) is 0. The van der Waals surface area contributed by atoms with E-state index in [-0.39, 0.29) is 6.10 Å². The zero-order chi connectivity index (χ0) is 12.9. The molecule has 0 bridgehead atoms. The molecule has 1 saturated carbocycles.